The van der Waals surface area contributed by atoms with Gasteiger partial charge in [-0.2, -0.15) is 0 Å². The highest BCUT2D eigenvalue weighted by Crippen LogP contribution is 2.28. The van der Waals surface area contributed by atoms with Crippen molar-refractivity contribution < 1.29 is 22.7 Å². The van der Waals surface area contributed by atoms with Gasteiger partial charge >= 0.3 is 0 Å². The van der Waals surface area contributed by atoms with Crippen LogP contribution in [-0.2, 0) is 0 Å². The summed E-state index contributed by atoms with van der Waals surface area (Å²) in [5, 5.41) is 12.3. The van der Waals surface area contributed by atoms with Crippen LogP contribution >= 0.6 is 0 Å². The van der Waals surface area contributed by atoms with Gasteiger partial charge in [0.2, 0.25) is 0 Å². The van der Waals surface area contributed by atoms with Crippen LogP contribution in [0.3, 0.4) is 0 Å². The van der Waals surface area contributed by atoms with Crippen molar-refractivity contribution in [1.29, 1.82) is 0 Å². The third kappa shape index (κ3) is 2.84. The summed E-state index contributed by atoms with van der Waals surface area (Å²) in [6.07, 6.45) is 0. The molecule has 0 saturated carbocycles. The van der Waals surface area contributed by atoms with Crippen molar-refractivity contribution >= 4 is 5.69 Å². The number of nitrogens with one attached hydrogen (secondary N) is 1. The fourth-order valence-corrected chi connectivity index (χ4v) is 1.85. The predicted octanol–water partition coefficient (Wildman–Crippen LogP) is 4.12. The predicted molar refractivity (Wildman–Crippen MR) is 66.4 cm³/mol. The monoisotopic (exact) mass is 285 g/mol. The normalized spacial score (nSPS) is 12.2. The maximum atomic E-state index is 13.1. The van der Waals surface area contributed by atoms with Crippen LogP contribution < -0.4 is 5.32 Å². The lowest BCUT2D eigenvalue weighted by Crippen LogP contribution is -2.08. The fraction of sp³-hybridized carbons (Fsp3) is 0.143. The molecule has 0 bridgehead atoms. The summed E-state index contributed by atoms with van der Waals surface area (Å²) in [5.74, 6) is -5.07. The van der Waals surface area contributed by atoms with Crippen molar-refractivity contribution in [2.75, 3.05) is 5.32 Å². The molecule has 0 heterocycles. The highest BCUT2D eigenvalue weighted by Gasteiger charge is 2.14. The summed E-state index contributed by atoms with van der Waals surface area (Å²) in [6.45, 7) is 1.60. The average Bonchev–Trinajstić information content (AvgIpc) is 2.35. The average molecular weight is 285 g/mol. The molecule has 0 amide bonds. The minimum Gasteiger partial charge on any atom is -0.507 e. The van der Waals surface area contributed by atoms with Crippen LogP contribution in [0.1, 0.15) is 18.5 Å². The van der Waals surface area contributed by atoms with Crippen LogP contribution in [0.25, 0.3) is 0 Å². The van der Waals surface area contributed by atoms with Gasteiger partial charge in [-0.15, -0.1) is 0 Å². The van der Waals surface area contributed by atoms with Crippen LogP contribution in [0.2, 0.25) is 0 Å². The van der Waals surface area contributed by atoms with Crippen molar-refractivity contribution in [1.82, 2.24) is 0 Å². The summed E-state index contributed by atoms with van der Waals surface area (Å²) in [4.78, 5) is 0. The molecule has 1 unspecified atom stereocenters. The first-order valence-corrected chi connectivity index (χ1v) is 5.78. The lowest BCUT2D eigenvalue weighted by Gasteiger charge is -2.17. The van der Waals surface area contributed by atoms with Gasteiger partial charge in [0.15, 0.2) is 17.5 Å². The van der Waals surface area contributed by atoms with E-state index in [1.54, 1.807) is 6.92 Å². The van der Waals surface area contributed by atoms with Crippen LogP contribution in [0.5, 0.6) is 5.75 Å². The molecule has 2 nitrogen and oxygen atoms in total. The number of halogens is 4. The molecule has 0 aliphatic rings. The van der Waals surface area contributed by atoms with E-state index >= 15 is 0 Å². The molecule has 2 aromatic carbocycles. The van der Waals surface area contributed by atoms with E-state index < -0.39 is 29.3 Å². The van der Waals surface area contributed by atoms with E-state index in [2.05, 4.69) is 5.32 Å². The van der Waals surface area contributed by atoms with Crippen molar-refractivity contribution in [2.45, 2.75) is 13.0 Å². The van der Waals surface area contributed by atoms with Gasteiger partial charge in [-0.05, 0) is 13.0 Å². The second kappa shape index (κ2) is 5.40. The lowest BCUT2D eigenvalue weighted by molar-refractivity contribution is 0.447. The topological polar surface area (TPSA) is 32.3 Å². The Labute approximate surface area is 112 Å². The molecule has 0 radical (unpaired) electrons. The Hall–Kier alpha value is -2.24. The van der Waals surface area contributed by atoms with E-state index in [1.165, 1.54) is 6.07 Å². The smallest absolute Gasteiger partial charge is 0.194 e. The largest absolute Gasteiger partial charge is 0.507 e. The van der Waals surface area contributed by atoms with E-state index in [9.17, 15) is 22.7 Å². The Kier molecular flexibility index (Phi) is 3.83. The number of rotatable bonds is 3. The van der Waals surface area contributed by atoms with Crippen molar-refractivity contribution in [3.8, 4) is 5.75 Å². The number of hydrogen-bond acceptors (Lipinski definition) is 2. The molecule has 2 N–H and O–H groups in total. The molecule has 1 atom stereocenters. The zero-order chi connectivity index (χ0) is 14.9. The SMILES string of the molecule is CC(Nc1cc(F)c(F)c(F)c1)c1ccc(F)cc1O. The van der Waals surface area contributed by atoms with Gasteiger partial charge in [0.05, 0.1) is 6.04 Å². The Morgan fingerprint density at radius 2 is 1.60 bits per heavy atom. The van der Waals surface area contributed by atoms with Crippen molar-refractivity contribution in [3.05, 3.63) is 59.2 Å². The molecule has 0 spiro atoms. The summed E-state index contributed by atoms with van der Waals surface area (Å²) < 4.78 is 51.8. The molecule has 20 heavy (non-hydrogen) atoms. The summed E-state index contributed by atoms with van der Waals surface area (Å²) >= 11 is 0. The maximum absolute atomic E-state index is 13.1. The molecule has 0 aliphatic carbocycles. The van der Waals surface area contributed by atoms with Crippen molar-refractivity contribution in [3.63, 3.8) is 0 Å². The van der Waals surface area contributed by atoms with Crippen LogP contribution in [0.15, 0.2) is 30.3 Å². The maximum Gasteiger partial charge on any atom is 0.194 e. The summed E-state index contributed by atoms with van der Waals surface area (Å²) in [5.41, 5.74) is 0.356. The Bertz CT molecular complexity index is 622. The Morgan fingerprint density at radius 1 is 1.00 bits per heavy atom. The van der Waals surface area contributed by atoms with E-state index in [0.717, 1.165) is 24.3 Å². The number of aromatic hydroxyl groups is 1. The lowest BCUT2D eigenvalue weighted by atomic mass is 10.1. The third-order valence-corrected chi connectivity index (χ3v) is 2.83. The zero-order valence-electron chi connectivity index (χ0n) is 10.4. The highest BCUT2D eigenvalue weighted by atomic mass is 19.2. The molecule has 0 saturated heterocycles. The van der Waals surface area contributed by atoms with Gasteiger partial charge in [-0.1, -0.05) is 6.07 Å². The first kappa shape index (κ1) is 14.2. The van der Waals surface area contributed by atoms with Gasteiger partial charge < -0.3 is 10.4 Å². The van der Waals surface area contributed by atoms with E-state index in [-0.39, 0.29) is 11.4 Å². The number of hydrogen-bond donors (Lipinski definition) is 2. The van der Waals surface area contributed by atoms with Gasteiger partial charge in [-0.25, -0.2) is 17.6 Å². The minimum atomic E-state index is -1.55. The molecular weight excluding hydrogens is 274 g/mol. The zero-order valence-corrected chi connectivity index (χ0v) is 10.4. The van der Waals surface area contributed by atoms with Crippen LogP contribution in [0, 0.1) is 23.3 Å². The molecular formula is C14H11F4NO. The molecule has 106 valence electrons. The molecule has 0 aromatic heterocycles. The quantitative estimate of drug-likeness (QED) is 0.656. The highest BCUT2D eigenvalue weighted by molar-refractivity contribution is 5.48. The van der Waals surface area contributed by atoms with Crippen LogP contribution in [-0.4, -0.2) is 5.11 Å². The first-order chi connectivity index (χ1) is 9.38. The van der Waals surface area contributed by atoms with Gasteiger partial charge in [0, 0.05) is 29.4 Å². The third-order valence-electron chi connectivity index (χ3n) is 2.83. The fourth-order valence-electron chi connectivity index (χ4n) is 1.85. The van der Waals surface area contributed by atoms with E-state index in [1.807, 2.05) is 0 Å². The van der Waals surface area contributed by atoms with E-state index in [4.69, 9.17) is 0 Å². The number of anilines is 1. The summed E-state index contributed by atoms with van der Waals surface area (Å²) in [7, 11) is 0. The summed E-state index contributed by atoms with van der Waals surface area (Å²) in [6, 6.07) is 4.47. The van der Waals surface area contributed by atoms with E-state index in [0.29, 0.717) is 5.56 Å². The standard InChI is InChI=1S/C14H11F4NO/c1-7(10-3-2-8(15)4-13(10)20)19-9-5-11(16)14(18)12(17)6-9/h2-7,19-20H,1H3. The van der Waals surface area contributed by atoms with Gasteiger partial charge in [0.1, 0.15) is 11.6 Å². The second-order valence-corrected chi connectivity index (χ2v) is 4.32. The minimum absolute atomic E-state index is 0.0117. The van der Waals surface area contributed by atoms with Gasteiger partial charge in [0.25, 0.3) is 0 Å². The Balaban J connectivity index is 2.25. The number of benzene rings is 2. The number of phenols is 1. The molecule has 6 heteroatoms. The van der Waals surface area contributed by atoms with Gasteiger partial charge in [-0.3, -0.25) is 0 Å². The molecule has 2 aromatic rings. The molecule has 2 rings (SSSR count). The molecule has 0 aliphatic heterocycles. The van der Waals surface area contributed by atoms with Crippen LogP contribution in [0.4, 0.5) is 23.2 Å². The first-order valence-electron chi connectivity index (χ1n) is 5.78. The molecule has 0 fully saturated rings. The number of phenolic OH excluding ortho intramolecular Hbond substituents is 1. The van der Waals surface area contributed by atoms with Crippen molar-refractivity contribution in [2.24, 2.45) is 0 Å². The Morgan fingerprint density at radius 3 is 2.15 bits per heavy atom. The second-order valence-electron chi connectivity index (χ2n) is 4.32.